The van der Waals surface area contributed by atoms with Gasteiger partial charge in [-0.3, -0.25) is 19.2 Å². The van der Waals surface area contributed by atoms with E-state index in [1.54, 1.807) is 6.92 Å². The molecule has 1 aliphatic rings. The summed E-state index contributed by atoms with van der Waals surface area (Å²) in [5.41, 5.74) is 1.59. The van der Waals surface area contributed by atoms with Gasteiger partial charge < -0.3 is 0 Å². The van der Waals surface area contributed by atoms with E-state index in [2.05, 4.69) is 6.58 Å². The van der Waals surface area contributed by atoms with Crippen LogP contribution in [0.2, 0.25) is 0 Å². The number of carbonyl (C=O) groups excluding carboxylic acids is 4. The Bertz CT molecular complexity index is 630. The van der Waals surface area contributed by atoms with E-state index in [-0.39, 0.29) is 22.6 Å². The summed E-state index contributed by atoms with van der Waals surface area (Å²) in [4.78, 5) is 46.2. The molecule has 0 aliphatic heterocycles. The van der Waals surface area contributed by atoms with Gasteiger partial charge in [0.2, 0.25) is 5.78 Å². The Morgan fingerprint density at radius 3 is 2.29 bits per heavy atom. The monoisotopic (exact) mass is 286 g/mol. The predicted molar refractivity (Wildman–Crippen MR) is 79.6 cm³/mol. The second-order valence-corrected chi connectivity index (χ2v) is 5.27. The lowest BCUT2D eigenvalue weighted by atomic mass is 9.81. The number of aldehydes is 2. The van der Waals surface area contributed by atoms with Crippen molar-refractivity contribution in [3.8, 4) is 0 Å². The van der Waals surface area contributed by atoms with Gasteiger partial charge in [-0.25, -0.2) is 0 Å². The molecule has 0 atom stereocenters. The average molecular weight is 286 g/mol. The molecule has 0 amide bonds. The lowest BCUT2D eigenvalue weighted by Crippen LogP contribution is -2.23. The quantitative estimate of drug-likeness (QED) is 0.336. The molecule has 0 bridgehead atoms. The van der Waals surface area contributed by atoms with E-state index in [1.165, 1.54) is 6.08 Å². The maximum absolute atomic E-state index is 12.2. The number of hydrogen-bond donors (Lipinski definition) is 0. The molecule has 21 heavy (non-hydrogen) atoms. The van der Waals surface area contributed by atoms with Gasteiger partial charge in [0.05, 0.1) is 16.7 Å². The average Bonchev–Trinajstić information content (AvgIpc) is 2.45. The number of ketones is 2. The summed E-state index contributed by atoms with van der Waals surface area (Å²) in [6.07, 6.45) is 2.24. The van der Waals surface area contributed by atoms with Gasteiger partial charge in [0.15, 0.2) is 18.4 Å². The van der Waals surface area contributed by atoms with E-state index in [0.29, 0.717) is 23.7 Å². The topological polar surface area (TPSA) is 68.3 Å². The molecule has 0 aromatic heterocycles. The van der Waals surface area contributed by atoms with Crippen LogP contribution in [-0.2, 0) is 19.2 Å². The molecule has 0 aromatic rings. The molecule has 0 heterocycles. The van der Waals surface area contributed by atoms with E-state index >= 15 is 0 Å². The van der Waals surface area contributed by atoms with Crippen molar-refractivity contribution in [2.24, 2.45) is 5.92 Å². The van der Waals surface area contributed by atoms with E-state index in [4.69, 9.17) is 0 Å². The SMILES string of the molecule is C=C(C=O)C(=O)C1=C(C)/C(=C(/C)C(C)C)C=C(C=O)C1=O. The lowest BCUT2D eigenvalue weighted by molar-refractivity contribution is -0.119. The summed E-state index contributed by atoms with van der Waals surface area (Å²) >= 11 is 0. The van der Waals surface area contributed by atoms with Crippen molar-refractivity contribution in [2.45, 2.75) is 27.7 Å². The Labute approximate surface area is 123 Å². The first kappa shape index (κ1) is 16.7. The third-order valence-corrected chi connectivity index (χ3v) is 3.65. The maximum atomic E-state index is 12.2. The van der Waals surface area contributed by atoms with E-state index in [9.17, 15) is 19.2 Å². The molecule has 4 heteroatoms. The highest BCUT2D eigenvalue weighted by molar-refractivity contribution is 6.39. The molecule has 0 aromatic carbocycles. The number of Topliss-reactive ketones (excluding diaryl/α,β-unsaturated/α-hetero) is 2. The standard InChI is InChI=1S/C17H18O4/c1-9(2)11(4)14-6-13(8-19)17(21)15(12(14)5)16(20)10(3)7-18/h6-9H,3H2,1-2,4-5H3/b14-11-. The highest BCUT2D eigenvalue weighted by atomic mass is 16.2. The predicted octanol–water partition coefficient (Wildman–Crippen LogP) is 2.31. The zero-order chi connectivity index (χ0) is 16.3. The molecular formula is C17H18O4. The molecule has 0 unspecified atom stereocenters. The Morgan fingerprint density at radius 2 is 1.86 bits per heavy atom. The highest BCUT2D eigenvalue weighted by Crippen LogP contribution is 2.31. The van der Waals surface area contributed by atoms with Crippen LogP contribution in [0.5, 0.6) is 0 Å². The van der Waals surface area contributed by atoms with Crippen molar-refractivity contribution in [2.75, 3.05) is 0 Å². The van der Waals surface area contributed by atoms with Crippen molar-refractivity contribution in [3.63, 3.8) is 0 Å². The van der Waals surface area contributed by atoms with Crippen molar-refractivity contribution in [1.29, 1.82) is 0 Å². The van der Waals surface area contributed by atoms with E-state index < -0.39 is 11.6 Å². The molecule has 4 nitrogen and oxygen atoms in total. The normalized spacial score (nSPS) is 17.6. The zero-order valence-electron chi connectivity index (χ0n) is 12.6. The van der Waals surface area contributed by atoms with Crippen LogP contribution in [0.1, 0.15) is 27.7 Å². The molecule has 110 valence electrons. The van der Waals surface area contributed by atoms with Gasteiger partial charge in [-0.1, -0.05) is 26.0 Å². The Hall–Kier alpha value is -2.36. The first-order valence-electron chi connectivity index (χ1n) is 6.58. The van der Waals surface area contributed by atoms with Crippen molar-refractivity contribution >= 4 is 24.1 Å². The second-order valence-electron chi connectivity index (χ2n) is 5.27. The van der Waals surface area contributed by atoms with Crippen LogP contribution in [-0.4, -0.2) is 24.1 Å². The fourth-order valence-corrected chi connectivity index (χ4v) is 2.07. The molecule has 0 spiro atoms. The number of carbonyl (C=O) groups is 4. The largest absolute Gasteiger partial charge is 0.298 e. The summed E-state index contributed by atoms with van der Waals surface area (Å²) in [5, 5.41) is 0. The van der Waals surface area contributed by atoms with Gasteiger partial charge in [-0.15, -0.1) is 0 Å². The molecule has 1 aliphatic carbocycles. The summed E-state index contributed by atoms with van der Waals surface area (Å²) < 4.78 is 0. The van der Waals surface area contributed by atoms with Crippen molar-refractivity contribution in [3.05, 3.63) is 46.1 Å². The summed E-state index contributed by atoms with van der Waals surface area (Å²) in [5.74, 6) is -1.19. The molecule has 0 N–H and O–H groups in total. The number of rotatable bonds is 5. The maximum Gasteiger partial charge on any atom is 0.200 e. The second kappa shape index (κ2) is 6.39. The van der Waals surface area contributed by atoms with Gasteiger partial charge >= 0.3 is 0 Å². The minimum absolute atomic E-state index is 0.0855. The van der Waals surface area contributed by atoms with Crippen LogP contribution in [0.3, 0.4) is 0 Å². The molecule has 0 radical (unpaired) electrons. The lowest BCUT2D eigenvalue weighted by Gasteiger charge is -2.20. The van der Waals surface area contributed by atoms with Crippen LogP contribution in [0, 0.1) is 5.92 Å². The van der Waals surface area contributed by atoms with Gasteiger partial charge in [0, 0.05) is 0 Å². The fourth-order valence-electron chi connectivity index (χ4n) is 2.07. The molecular weight excluding hydrogens is 268 g/mol. The minimum Gasteiger partial charge on any atom is -0.298 e. The zero-order valence-corrected chi connectivity index (χ0v) is 12.6. The Morgan fingerprint density at radius 1 is 1.29 bits per heavy atom. The van der Waals surface area contributed by atoms with E-state index in [1.807, 2.05) is 20.8 Å². The number of allylic oxidation sites excluding steroid dienone is 7. The van der Waals surface area contributed by atoms with Gasteiger partial charge in [0.25, 0.3) is 0 Å². The molecule has 0 saturated heterocycles. The highest BCUT2D eigenvalue weighted by Gasteiger charge is 2.30. The first-order valence-corrected chi connectivity index (χ1v) is 6.58. The fraction of sp³-hybridized carbons (Fsp3) is 0.294. The number of hydrogen-bond acceptors (Lipinski definition) is 4. The van der Waals surface area contributed by atoms with E-state index in [0.717, 1.165) is 5.57 Å². The third kappa shape index (κ3) is 3.05. The van der Waals surface area contributed by atoms with Crippen molar-refractivity contribution < 1.29 is 19.2 Å². The first-order chi connectivity index (χ1) is 9.76. The third-order valence-electron chi connectivity index (χ3n) is 3.65. The van der Waals surface area contributed by atoms with Gasteiger partial charge in [-0.05, 0) is 37.0 Å². The Balaban J connectivity index is 3.63. The molecule has 0 saturated carbocycles. The minimum atomic E-state index is -0.728. The van der Waals surface area contributed by atoms with Crippen LogP contribution in [0.25, 0.3) is 0 Å². The molecule has 1 rings (SSSR count). The van der Waals surface area contributed by atoms with Crippen LogP contribution < -0.4 is 0 Å². The summed E-state index contributed by atoms with van der Waals surface area (Å²) in [6.45, 7) is 10.8. The van der Waals surface area contributed by atoms with Crippen LogP contribution >= 0.6 is 0 Å². The van der Waals surface area contributed by atoms with Crippen LogP contribution in [0.15, 0.2) is 46.1 Å². The van der Waals surface area contributed by atoms with Crippen molar-refractivity contribution in [1.82, 2.24) is 0 Å². The summed E-state index contributed by atoms with van der Waals surface area (Å²) in [7, 11) is 0. The molecule has 0 fully saturated rings. The van der Waals surface area contributed by atoms with Gasteiger partial charge in [-0.2, -0.15) is 0 Å². The van der Waals surface area contributed by atoms with Crippen LogP contribution in [0.4, 0.5) is 0 Å². The van der Waals surface area contributed by atoms with Gasteiger partial charge in [0.1, 0.15) is 0 Å². The summed E-state index contributed by atoms with van der Waals surface area (Å²) in [6, 6.07) is 0. The smallest absolute Gasteiger partial charge is 0.200 e. The Kier molecular flexibility index (Phi) is 5.08.